The Balaban J connectivity index is 3.43. The molecule has 6 heteroatoms. The number of esters is 1. The van der Waals surface area contributed by atoms with Gasteiger partial charge in [-0.3, -0.25) is 9.59 Å². The van der Waals surface area contributed by atoms with E-state index in [2.05, 4.69) is 43.5 Å². The van der Waals surface area contributed by atoms with Crippen molar-refractivity contribution in [1.29, 1.82) is 0 Å². The Hall–Kier alpha value is -1.66. The smallest absolute Gasteiger partial charge is 0.305 e. The van der Waals surface area contributed by atoms with Gasteiger partial charge in [0.1, 0.15) is 0 Å². The molecule has 1 amide bonds. The van der Waals surface area contributed by atoms with Crippen molar-refractivity contribution >= 4 is 11.9 Å². The highest BCUT2D eigenvalue weighted by atomic mass is 16.5. The van der Waals surface area contributed by atoms with Crippen molar-refractivity contribution in [1.82, 2.24) is 5.32 Å². The van der Waals surface area contributed by atoms with E-state index < -0.39 is 12.1 Å². The maximum Gasteiger partial charge on any atom is 0.305 e. The minimum Gasteiger partial charge on any atom is -0.466 e. The van der Waals surface area contributed by atoms with Gasteiger partial charge in [0.05, 0.1) is 25.4 Å². The first kappa shape index (κ1) is 72.3. The highest BCUT2D eigenvalue weighted by Crippen LogP contribution is 2.18. The third kappa shape index (κ3) is 59.6. The van der Waals surface area contributed by atoms with E-state index in [9.17, 15) is 19.8 Å². The van der Waals surface area contributed by atoms with E-state index in [-0.39, 0.29) is 18.5 Å². The number of carbonyl (C=O) groups excluding carboxylic acids is 2. The second-order valence-corrected chi connectivity index (χ2v) is 23.1. The number of carbonyl (C=O) groups is 2. The van der Waals surface area contributed by atoms with Gasteiger partial charge < -0.3 is 20.3 Å². The lowest BCUT2D eigenvalue weighted by Gasteiger charge is -2.22. The van der Waals surface area contributed by atoms with E-state index in [1.807, 2.05) is 0 Å². The van der Waals surface area contributed by atoms with Crippen molar-refractivity contribution in [2.75, 3.05) is 13.2 Å². The van der Waals surface area contributed by atoms with E-state index >= 15 is 0 Å². The molecule has 2 unspecified atom stereocenters. The first-order valence-electron chi connectivity index (χ1n) is 33.6. The summed E-state index contributed by atoms with van der Waals surface area (Å²) < 4.78 is 5.47. The standard InChI is InChI=1S/C68H131NO5/c1-3-5-7-9-11-13-15-17-19-20-21-22-23-24-25-27-30-33-36-40-44-48-52-56-60-66(71)65(64-70)69-67(72)61-57-53-49-45-41-37-34-31-28-26-29-32-35-39-43-47-51-55-59-63-74-68(73)62-58-54-50-46-42-38-18-16-14-12-10-8-6-4-2/h16,18,26,28,65-66,70-71H,3-15,17,19-25,27,29-64H2,1-2H3,(H,69,72)/b18-16-,28-26-. The van der Waals surface area contributed by atoms with Gasteiger partial charge in [-0.25, -0.2) is 0 Å². The molecule has 0 radical (unpaired) electrons. The normalized spacial score (nSPS) is 12.6. The summed E-state index contributed by atoms with van der Waals surface area (Å²) in [5.74, 6) is -0.0443. The number of unbranched alkanes of at least 4 members (excludes halogenated alkanes) is 48. The molecule has 74 heavy (non-hydrogen) atoms. The van der Waals surface area contributed by atoms with Crippen LogP contribution in [0, 0.1) is 0 Å². The van der Waals surface area contributed by atoms with E-state index in [1.54, 1.807) is 0 Å². The fraction of sp³-hybridized carbons (Fsp3) is 0.912. The Morgan fingerprint density at radius 2 is 0.635 bits per heavy atom. The molecule has 0 saturated carbocycles. The SMILES string of the molecule is CCCCCCC/C=C\CCCCCCCC(=O)OCCCCCCCCCC/C=C\CCCCCCCCCC(=O)NC(CO)C(O)CCCCCCCCCCCCCCCCCCCCCCCCCC. The molecule has 438 valence electrons. The Kier molecular flexibility index (Phi) is 62.4. The highest BCUT2D eigenvalue weighted by Gasteiger charge is 2.20. The van der Waals surface area contributed by atoms with Crippen molar-refractivity contribution in [2.24, 2.45) is 0 Å². The monoisotopic (exact) mass is 1040 g/mol. The third-order valence-corrected chi connectivity index (χ3v) is 15.7. The van der Waals surface area contributed by atoms with Gasteiger partial charge in [0.25, 0.3) is 0 Å². The van der Waals surface area contributed by atoms with Crippen LogP contribution in [0.3, 0.4) is 0 Å². The van der Waals surface area contributed by atoms with Crippen LogP contribution < -0.4 is 5.32 Å². The molecular weight excluding hydrogens is 911 g/mol. The molecule has 0 aromatic rings. The van der Waals surface area contributed by atoms with Gasteiger partial charge in [-0.15, -0.1) is 0 Å². The number of rotatable bonds is 63. The van der Waals surface area contributed by atoms with Crippen LogP contribution >= 0.6 is 0 Å². The van der Waals surface area contributed by atoms with Crippen LogP contribution in [-0.2, 0) is 14.3 Å². The lowest BCUT2D eigenvalue weighted by atomic mass is 10.0. The zero-order chi connectivity index (χ0) is 53.6. The third-order valence-electron chi connectivity index (χ3n) is 15.7. The molecule has 0 bridgehead atoms. The van der Waals surface area contributed by atoms with Gasteiger partial charge in [-0.1, -0.05) is 308 Å². The maximum atomic E-state index is 12.5. The summed E-state index contributed by atoms with van der Waals surface area (Å²) >= 11 is 0. The average molecular weight is 1040 g/mol. The lowest BCUT2D eigenvalue weighted by molar-refractivity contribution is -0.143. The topological polar surface area (TPSA) is 95.9 Å². The Morgan fingerprint density at radius 1 is 0.365 bits per heavy atom. The van der Waals surface area contributed by atoms with Gasteiger partial charge in [-0.05, 0) is 77.0 Å². The van der Waals surface area contributed by atoms with Crippen LogP contribution in [0.4, 0.5) is 0 Å². The molecule has 0 saturated heterocycles. The first-order chi connectivity index (χ1) is 36.5. The molecule has 0 aromatic carbocycles. The number of ether oxygens (including phenoxy) is 1. The molecule has 0 aromatic heterocycles. The average Bonchev–Trinajstić information content (AvgIpc) is 3.40. The van der Waals surface area contributed by atoms with Crippen molar-refractivity contribution in [3.8, 4) is 0 Å². The molecule has 0 aliphatic heterocycles. The first-order valence-corrected chi connectivity index (χ1v) is 33.6. The largest absolute Gasteiger partial charge is 0.466 e. The predicted molar refractivity (Wildman–Crippen MR) is 324 cm³/mol. The van der Waals surface area contributed by atoms with Gasteiger partial charge in [0.2, 0.25) is 5.91 Å². The number of allylic oxidation sites excluding steroid dienone is 4. The molecule has 2 atom stereocenters. The number of amides is 1. The number of aliphatic hydroxyl groups is 2. The lowest BCUT2D eigenvalue weighted by Crippen LogP contribution is -2.45. The van der Waals surface area contributed by atoms with Crippen molar-refractivity contribution in [3.05, 3.63) is 24.3 Å². The number of aliphatic hydroxyl groups excluding tert-OH is 2. The highest BCUT2D eigenvalue weighted by molar-refractivity contribution is 5.76. The minimum atomic E-state index is -0.672. The van der Waals surface area contributed by atoms with E-state index in [4.69, 9.17) is 4.74 Å². The summed E-state index contributed by atoms with van der Waals surface area (Å²) in [5.41, 5.74) is 0. The molecule has 0 heterocycles. The van der Waals surface area contributed by atoms with Crippen LogP contribution in [0.5, 0.6) is 0 Å². The Morgan fingerprint density at radius 3 is 0.959 bits per heavy atom. The van der Waals surface area contributed by atoms with E-state index in [0.717, 1.165) is 44.9 Å². The Labute approximate surface area is 462 Å². The summed E-state index contributed by atoms with van der Waals surface area (Å²) in [6.07, 6.45) is 79.2. The Bertz CT molecular complexity index is 1150. The van der Waals surface area contributed by atoms with Gasteiger partial charge >= 0.3 is 5.97 Å². The zero-order valence-electron chi connectivity index (χ0n) is 50.1. The predicted octanol–water partition coefficient (Wildman–Crippen LogP) is 21.4. The molecule has 6 nitrogen and oxygen atoms in total. The van der Waals surface area contributed by atoms with Crippen molar-refractivity contribution in [2.45, 2.75) is 386 Å². The second-order valence-electron chi connectivity index (χ2n) is 23.1. The molecule has 0 fully saturated rings. The fourth-order valence-corrected chi connectivity index (χ4v) is 10.6. The van der Waals surface area contributed by atoms with Crippen LogP contribution in [0.1, 0.15) is 373 Å². The van der Waals surface area contributed by atoms with Crippen LogP contribution in [0.2, 0.25) is 0 Å². The zero-order valence-corrected chi connectivity index (χ0v) is 50.1. The molecule has 0 spiro atoms. The summed E-state index contributed by atoms with van der Waals surface area (Å²) in [5, 5.41) is 23.4. The summed E-state index contributed by atoms with van der Waals surface area (Å²) in [7, 11) is 0. The minimum absolute atomic E-state index is 0.00369. The summed E-state index contributed by atoms with van der Waals surface area (Å²) in [6.45, 7) is 4.96. The van der Waals surface area contributed by atoms with Gasteiger partial charge in [0, 0.05) is 12.8 Å². The summed E-state index contributed by atoms with van der Waals surface area (Å²) in [6, 6.07) is -0.550. The molecule has 0 aliphatic rings. The van der Waals surface area contributed by atoms with Crippen molar-refractivity contribution in [3.63, 3.8) is 0 Å². The van der Waals surface area contributed by atoms with Crippen molar-refractivity contribution < 1.29 is 24.5 Å². The molecule has 3 N–H and O–H groups in total. The number of hydrogen-bond donors (Lipinski definition) is 3. The number of hydrogen-bond acceptors (Lipinski definition) is 5. The number of nitrogens with one attached hydrogen (secondary N) is 1. The van der Waals surface area contributed by atoms with E-state index in [1.165, 1.54) is 295 Å². The summed E-state index contributed by atoms with van der Waals surface area (Å²) in [4.78, 5) is 24.6. The van der Waals surface area contributed by atoms with E-state index in [0.29, 0.717) is 25.9 Å². The second kappa shape index (κ2) is 63.9. The maximum absolute atomic E-state index is 12.5. The quantitative estimate of drug-likeness (QED) is 0.0320. The molecular formula is C68H131NO5. The van der Waals surface area contributed by atoms with Crippen LogP contribution in [-0.4, -0.2) is 47.4 Å². The molecule has 0 aliphatic carbocycles. The van der Waals surface area contributed by atoms with Crippen LogP contribution in [0.15, 0.2) is 24.3 Å². The fourth-order valence-electron chi connectivity index (χ4n) is 10.6. The van der Waals surface area contributed by atoms with Gasteiger partial charge in [0.15, 0.2) is 0 Å². The molecule has 0 rings (SSSR count). The van der Waals surface area contributed by atoms with Crippen LogP contribution in [0.25, 0.3) is 0 Å². The van der Waals surface area contributed by atoms with Gasteiger partial charge in [-0.2, -0.15) is 0 Å².